The molecule has 0 aliphatic rings. The van der Waals surface area contributed by atoms with Crippen molar-refractivity contribution in [3.8, 4) is 11.1 Å². The second kappa shape index (κ2) is 9.43. The van der Waals surface area contributed by atoms with Crippen molar-refractivity contribution in [3.05, 3.63) is 126 Å². The molecule has 0 aliphatic carbocycles. The topological polar surface area (TPSA) is 53.1 Å². The standard InChI is InChI=1S/C30H31N3/c1-30(2,3)24-18-20-25(21-19-24)33(28(31)23-14-8-5-9-15-23)29(32)27-17-11-10-16-26(27)22-12-6-4-7-13-22/h4-21,29,31H,32H2,1-3H3. The fraction of sp³-hybridized carbons (Fsp3) is 0.167. The van der Waals surface area contributed by atoms with Gasteiger partial charge in [-0.25, -0.2) is 0 Å². The maximum Gasteiger partial charge on any atom is 0.134 e. The lowest BCUT2D eigenvalue weighted by Gasteiger charge is -2.33. The highest BCUT2D eigenvalue weighted by molar-refractivity contribution is 6.08. The Balaban J connectivity index is 1.82. The zero-order valence-corrected chi connectivity index (χ0v) is 19.5. The first kappa shape index (κ1) is 22.5. The van der Waals surface area contributed by atoms with Crippen molar-refractivity contribution in [2.45, 2.75) is 32.4 Å². The molecule has 0 heterocycles. The highest BCUT2D eigenvalue weighted by Crippen LogP contribution is 2.33. The van der Waals surface area contributed by atoms with Crippen LogP contribution >= 0.6 is 0 Å². The Labute approximate surface area is 197 Å². The van der Waals surface area contributed by atoms with Gasteiger partial charge in [-0.15, -0.1) is 0 Å². The molecule has 4 aromatic rings. The molecule has 0 aliphatic heterocycles. The Morgan fingerprint density at radius 3 is 1.88 bits per heavy atom. The van der Waals surface area contributed by atoms with Crippen molar-refractivity contribution in [2.24, 2.45) is 5.73 Å². The minimum atomic E-state index is -0.533. The van der Waals surface area contributed by atoms with E-state index in [2.05, 4.69) is 69.3 Å². The number of nitrogens with two attached hydrogens (primary N) is 1. The van der Waals surface area contributed by atoms with E-state index >= 15 is 0 Å². The molecule has 0 aromatic heterocycles. The van der Waals surface area contributed by atoms with Gasteiger partial charge in [-0.2, -0.15) is 0 Å². The second-order valence-corrected chi connectivity index (χ2v) is 9.28. The molecule has 0 radical (unpaired) electrons. The van der Waals surface area contributed by atoms with Crippen LogP contribution in [0.2, 0.25) is 0 Å². The average molecular weight is 434 g/mol. The zero-order valence-electron chi connectivity index (χ0n) is 19.5. The predicted octanol–water partition coefficient (Wildman–Crippen LogP) is 7.14. The quantitative estimate of drug-likeness (QED) is 0.200. The summed E-state index contributed by atoms with van der Waals surface area (Å²) in [6.07, 6.45) is -0.533. The molecule has 3 heteroatoms. The molecule has 0 saturated carbocycles. The minimum Gasteiger partial charge on any atom is -0.307 e. The first-order valence-electron chi connectivity index (χ1n) is 11.3. The summed E-state index contributed by atoms with van der Waals surface area (Å²) < 4.78 is 0. The summed E-state index contributed by atoms with van der Waals surface area (Å²) in [4.78, 5) is 1.92. The summed E-state index contributed by atoms with van der Waals surface area (Å²) in [6.45, 7) is 6.61. The molecule has 0 spiro atoms. The summed E-state index contributed by atoms with van der Waals surface area (Å²) in [5.74, 6) is 0.370. The highest BCUT2D eigenvalue weighted by atomic mass is 15.3. The van der Waals surface area contributed by atoms with Crippen LogP contribution < -0.4 is 10.6 Å². The summed E-state index contributed by atoms with van der Waals surface area (Å²) in [7, 11) is 0. The monoisotopic (exact) mass is 433 g/mol. The molecule has 1 unspecified atom stereocenters. The molecule has 33 heavy (non-hydrogen) atoms. The Bertz CT molecular complexity index is 1210. The van der Waals surface area contributed by atoms with Crippen molar-refractivity contribution < 1.29 is 0 Å². The Hall–Kier alpha value is -3.69. The highest BCUT2D eigenvalue weighted by Gasteiger charge is 2.25. The van der Waals surface area contributed by atoms with Gasteiger partial charge in [0, 0.05) is 11.3 Å². The smallest absolute Gasteiger partial charge is 0.134 e. The first-order valence-corrected chi connectivity index (χ1v) is 11.3. The molecule has 3 N–H and O–H groups in total. The third kappa shape index (κ3) is 4.89. The molecule has 0 fully saturated rings. The predicted molar refractivity (Wildman–Crippen MR) is 140 cm³/mol. The molecular weight excluding hydrogens is 402 g/mol. The van der Waals surface area contributed by atoms with E-state index in [0.29, 0.717) is 5.84 Å². The lowest BCUT2D eigenvalue weighted by atomic mass is 9.87. The third-order valence-electron chi connectivity index (χ3n) is 5.94. The summed E-state index contributed by atoms with van der Waals surface area (Å²) >= 11 is 0. The van der Waals surface area contributed by atoms with Gasteiger partial charge in [0.1, 0.15) is 12.0 Å². The first-order chi connectivity index (χ1) is 15.9. The lowest BCUT2D eigenvalue weighted by molar-refractivity contribution is 0.590. The molecule has 4 rings (SSSR count). The second-order valence-electron chi connectivity index (χ2n) is 9.28. The Morgan fingerprint density at radius 1 is 0.727 bits per heavy atom. The number of rotatable bonds is 5. The van der Waals surface area contributed by atoms with E-state index in [1.165, 1.54) is 5.56 Å². The number of amidine groups is 1. The molecule has 0 bridgehead atoms. The van der Waals surface area contributed by atoms with Crippen LogP contribution in [-0.2, 0) is 5.41 Å². The van der Waals surface area contributed by atoms with Crippen LogP contribution in [0.25, 0.3) is 11.1 Å². The van der Waals surface area contributed by atoms with Gasteiger partial charge >= 0.3 is 0 Å². The molecule has 1 atom stereocenters. The van der Waals surface area contributed by atoms with Crippen LogP contribution in [0.15, 0.2) is 109 Å². The van der Waals surface area contributed by atoms with E-state index < -0.39 is 6.17 Å². The van der Waals surface area contributed by atoms with E-state index in [1.807, 2.05) is 65.6 Å². The molecule has 3 nitrogen and oxygen atoms in total. The van der Waals surface area contributed by atoms with Crippen molar-refractivity contribution in [3.63, 3.8) is 0 Å². The van der Waals surface area contributed by atoms with Crippen LogP contribution in [0.5, 0.6) is 0 Å². The Morgan fingerprint density at radius 2 is 1.27 bits per heavy atom. The maximum atomic E-state index is 9.10. The minimum absolute atomic E-state index is 0.0539. The normalized spacial score (nSPS) is 12.2. The van der Waals surface area contributed by atoms with Crippen molar-refractivity contribution in [1.29, 1.82) is 5.41 Å². The van der Waals surface area contributed by atoms with Gasteiger partial charge in [0.15, 0.2) is 0 Å². The van der Waals surface area contributed by atoms with Crippen LogP contribution in [0, 0.1) is 5.41 Å². The van der Waals surface area contributed by atoms with Crippen molar-refractivity contribution in [1.82, 2.24) is 0 Å². The van der Waals surface area contributed by atoms with Gasteiger partial charge in [0.05, 0.1) is 0 Å². The fourth-order valence-corrected chi connectivity index (χ4v) is 4.06. The van der Waals surface area contributed by atoms with Crippen LogP contribution in [0.4, 0.5) is 5.69 Å². The molecule has 0 saturated heterocycles. The van der Waals surface area contributed by atoms with E-state index in [0.717, 1.165) is 27.9 Å². The van der Waals surface area contributed by atoms with E-state index in [9.17, 15) is 0 Å². The Kier molecular flexibility index (Phi) is 6.43. The molecule has 4 aromatic carbocycles. The van der Waals surface area contributed by atoms with Crippen molar-refractivity contribution in [2.75, 3.05) is 4.90 Å². The number of anilines is 1. The third-order valence-corrected chi connectivity index (χ3v) is 5.94. The van der Waals surface area contributed by atoms with E-state index in [-0.39, 0.29) is 5.41 Å². The molecule has 0 amide bonds. The summed E-state index contributed by atoms with van der Waals surface area (Å²) in [5.41, 5.74) is 13.1. The average Bonchev–Trinajstić information content (AvgIpc) is 2.85. The van der Waals surface area contributed by atoms with E-state index in [1.54, 1.807) is 0 Å². The SMILES string of the molecule is CC(C)(C)c1ccc(N(C(=N)c2ccccc2)C(N)c2ccccc2-c2ccccc2)cc1. The number of hydrogen-bond donors (Lipinski definition) is 2. The van der Waals surface area contributed by atoms with Gasteiger partial charge in [0.2, 0.25) is 0 Å². The maximum absolute atomic E-state index is 9.10. The van der Waals surface area contributed by atoms with Gasteiger partial charge in [-0.05, 0) is 39.8 Å². The fourth-order valence-electron chi connectivity index (χ4n) is 4.06. The van der Waals surface area contributed by atoms with Crippen molar-refractivity contribution >= 4 is 11.5 Å². The molecule has 166 valence electrons. The van der Waals surface area contributed by atoms with Crippen LogP contribution in [0.3, 0.4) is 0 Å². The zero-order chi connectivity index (χ0) is 23.4. The van der Waals surface area contributed by atoms with Gasteiger partial charge in [-0.3, -0.25) is 5.41 Å². The number of benzene rings is 4. The van der Waals surface area contributed by atoms with Gasteiger partial charge in [-0.1, -0.05) is 118 Å². The van der Waals surface area contributed by atoms with Gasteiger partial charge < -0.3 is 10.6 Å². The van der Waals surface area contributed by atoms with Crippen LogP contribution in [0.1, 0.15) is 43.6 Å². The summed E-state index contributed by atoms with van der Waals surface area (Å²) in [5, 5.41) is 9.10. The lowest BCUT2D eigenvalue weighted by Crippen LogP contribution is -2.40. The number of nitrogens with zero attached hydrogens (tertiary/aromatic N) is 1. The largest absolute Gasteiger partial charge is 0.307 e. The van der Waals surface area contributed by atoms with E-state index in [4.69, 9.17) is 11.1 Å². The van der Waals surface area contributed by atoms with Gasteiger partial charge in [0.25, 0.3) is 0 Å². The molecular formula is C30H31N3. The number of hydrogen-bond acceptors (Lipinski definition) is 2. The van der Waals surface area contributed by atoms with Crippen LogP contribution in [-0.4, -0.2) is 5.84 Å². The summed E-state index contributed by atoms with van der Waals surface area (Å²) in [6, 6.07) is 36.7. The number of nitrogens with one attached hydrogen (secondary N) is 1.